The van der Waals surface area contributed by atoms with Crippen LogP contribution in [-0.2, 0) is 6.42 Å². The second-order valence-electron chi connectivity index (χ2n) is 8.36. The summed E-state index contributed by atoms with van der Waals surface area (Å²) in [6.07, 6.45) is 7.64. The number of nitrogens with one attached hydrogen (secondary N) is 3. The number of nitrogens with zero attached hydrogens (tertiary/aromatic N) is 4. The third-order valence-corrected chi connectivity index (χ3v) is 6.48. The summed E-state index contributed by atoms with van der Waals surface area (Å²) in [6.45, 7) is 0. The van der Waals surface area contributed by atoms with Crippen LogP contribution in [0.1, 0.15) is 22.6 Å². The Bertz CT molecular complexity index is 1520. The summed E-state index contributed by atoms with van der Waals surface area (Å²) in [5.74, 6) is -0.562. The standard InChI is InChI=1S/C26H20Cl2FN7/c1-36-14-24(34-35-36)19(16-3-2-6-31-12-16)7-15-8-20-25(33-18-4-5-23(29)21(27)10-18)17(11-30)13-32-26(20)22(28)9-15/h2-6,8-10,12-14,19,34-35H,7H2,1H3,(H,32,33)/t19-/m1/s1. The first-order valence-electron chi connectivity index (χ1n) is 11.0. The average molecular weight is 520 g/mol. The Morgan fingerprint density at radius 3 is 2.72 bits per heavy atom. The summed E-state index contributed by atoms with van der Waals surface area (Å²) in [5, 5.41) is 15.9. The van der Waals surface area contributed by atoms with Gasteiger partial charge in [0, 0.05) is 48.8 Å². The van der Waals surface area contributed by atoms with E-state index >= 15 is 0 Å². The summed E-state index contributed by atoms with van der Waals surface area (Å²) in [4.78, 5) is 8.71. The van der Waals surface area contributed by atoms with Gasteiger partial charge in [-0.3, -0.25) is 15.0 Å². The highest BCUT2D eigenvalue weighted by atomic mass is 35.5. The molecule has 0 spiro atoms. The van der Waals surface area contributed by atoms with Crippen molar-refractivity contribution in [2.45, 2.75) is 12.3 Å². The predicted molar refractivity (Wildman–Crippen MR) is 139 cm³/mol. The first kappa shape index (κ1) is 23.8. The number of benzene rings is 2. The third-order valence-electron chi connectivity index (χ3n) is 5.91. The summed E-state index contributed by atoms with van der Waals surface area (Å²) >= 11 is 12.7. The van der Waals surface area contributed by atoms with Crippen molar-refractivity contribution in [2.24, 2.45) is 0 Å². The van der Waals surface area contributed by atoms with Gasteiger partial charge in [0.25, 0.3) is 0 Å². The molecular weight excluding hydrogens is 500 g/mol. The van der Waals surface area contributed by atoms with E-state index in [2.05, 4.69) is 32.3 Å². The lowest BCUT2D eigenvalue weighted by atomic mass is 9.89. The van der Waals surface area contributed by atoms with Crippen LogP contribution < -0.4 is 16.3 Å². The van der Waals surface area contributed by atoms with E-state index in [4.69, 9.17) is 23.2 Å². The van der Waals surface area contributed by atoms with Gasteiger partial charge in [0.05, 0.1) is 32.5 Å². The van der Waals surface area contributed by atoms with Gasteiger partial charge < -0.3 is 10.7 Å². The van der Waals surface area contributed by atoms with Gasteiger partial charge >= 0.3 is 0 Å². The van der Waals surface area contributed by atoms with E-state index in [1.165, 1.54) is 18.3 Å². The number of hydrazine groups is 2. The Hall–Kier alpha value is -3.90. The predicted octanol–water partition coefficient (Wildman–Crippen LogP) is 5.81. The van der Waals surface area contributed by atoms with Crippen LogP contribution in [0.25, 0.3) is 10.9 Å². The van der Waals surface area contributed by atoms with Gasteiger partial charge in [0.15, 0.2) is 0 Å². The maximum atomic E-state index is 13.7. The Kier molecular flexibility index (Phi) is 6.61. The Balaban J connectivity index is 1.60. The van der Waals surface area contributed by atoms with Gasteiger partial charge in [0.2, 0.25) is 0 Å². The fraction of sp³-hybridized carbons (Fsp3) is 0.115. The summed E-state index contributed by atoms with van der Waals surface area (Å²) in [7, 11) is 1.90. The van der Waals surface area contributed by atoms with E-state index < -0.39 is 5.82 Å². The number of fused-ring (bicyclic) bond motifs is 1. The van der Waals surface area contributed by atoms with E-state index in [0.717, 1.165) is 16.8 Å². The van der Waals surface area contributed by atoms with Crippen molar-refractivity contribution in [1.82, 2.24) is 25.9 Å². The van der Waals surface area contributed by atoms with E-state index in [1.54, 1.807) is 12.3 Å². The number of rotatable bonds is 6. The van der Waals surface area contributed by atoms with Crippen LogP contribution in [0.5, 0.6) is 0 Å². The lowest BCUT2D eigenvalue weighted by Gasteiger charge is -2.20. The number of hydrogen-bond donors (Lipinski definition) is 3. The van der Waals surface area contributed by atoms with E-state index in [9.17, 15) is 9.65 Å². The van der Waals surface area contributed by atoms with Crippen molar-refractivity contribution >= 4 is 45.5 Å². The molecule has 0 saturated carbocycles. The highest BCUT2D eigenvalue weighted by Gasteiger charge is 2.23. The molecule has 0 saturated heterocycles. The molecule has 7 nitrogen and oxygen atoms in total. The molecule has 10 heteroatoms. The van der Waals surface area contributed by atoms with Crippen molar-refractivity contribution in [3.8, 4) is 6.07 Å². The number of hydrogen-bond acceptors (Lipinski definition) is 7. The molecule has 0 fully saturated rings. The molecule has 4 aromatic rings. The molecule has 180 valence electrons. The molecule has 0 amide bonds. The van der Waals surface area contributed by atoms with Crippen molar-refractivity contribution in [1.29, 1.82) is 5.26 Å². The lowest BCUT2D eigenvalue weighted by Crippen LogP contribution is -2.34. The number of pyridine rings is 2. The minimum absolute atomic E-state index is 0.0224. The normalized spacial score (nSPS) is 13.8. The third kappa shape index (κ3) is 4.77. The molecule has 0 unspecified atom stereocenters. The molecule has 1 atom stereocenters. The number of aromatic nitrogens is 2. The molecule has 5 rings (SSSR count). The minimum atomic E-state index is -0.524. The van der Waals surface area contributed by atoms with Crippen LogP contribution in [0.4, 0.5) is 15.8 Å². The van der Waals surface area contributed by atoms with E-state index in [1.807, 2.05) is 48.7 Å². The van der Waals surface area contributed by atoms with Gasteiger partial charge in [-0.05, 0) is 53.9 Å². The van der Waals surface area contributed by atoms with Gasteiger partial charge in [-0.15, -0.1) is 5.53 Å². The molecule has 1 aliphatic rings. The molecule has 2 aromatic carbocycles. The molecule has 3 heterocycles. The largest absolute Gasteiger partial charge is 0.354 e. The number of allylic oxidation sites excluding steroid dienone is 1. The fourth-order valence-electron chi connectivity index (χ4n) is 4.20. The zero-order valence-electron chi connectivity index (χ0n) is 19.1. The summed E-state index contributed by atoms with van der Waals surface area (Å²) < 4.78 is 13.7. The number of anilines is 2. The van der Waals surface area contributed by atoms with Gasteiger partial charge in [-0.2, -0.15) is 5.26 Å². The highest BCUT2D eigenvalue weighted by molar-refractivity contribution is 6.35. The SMILES string of the molecule is CN1C=C([C@H](Cc2cc(Cl)c3ncc(C#N)c(Nc4ccc(F)c(Cl)c4)c3c2)c2cccnc2)NN1. The van der Waals surface area contributed by atoms with Crippen LogP contribution in [-0.4, -0.2) is 22.0 Å². The van der Waals surface area contributed by atoms with Crippen LogP contribution in [0.15, 0.2) is 73.0 Å². The fourth-order valence-corrected chi connectivity index (χ4v) is 4.67. The minimum Gasteiger partial charge on any atom is -0.354 e. The molecule has 36 heavy (non-hydrogen) atoms. The van der Waals surface area contributed by atoms with Crippen molar-refractivity contribution in [3.63, 3.8) is 0 Å². The quantitative estimate of drug-likeness (QED) is 0.296. The number of halogens is 3. The second kappa shape index (κ2) is 9.99. The van der Waals surface area contributed by atoms with Crippen LogP contribution in [0.3, 0.4) is 0 Å². The topological polar surface area (TPSA) is 88.9 Å². The maximum absolute atomic E-state index is 13.7. The summed E-state index contributed by atoms with van der Waals surface area (Å²) in [5.41, 5.74) is 11.2. The Morgan fingerprint density at radius 2 is 2.03 bits per heavy atom. The van der Waals surface area contributed by atoms with E-state index in [0.29, 0.717) is 39.3 Å². The Labute approximate surface area is 217 Å². The smallest absolute Gasteiger partial charge is 0.141 e. The first-order chi connectivity index (χ1) is 17.4. The molecule has 0 bridgehead atoms. The second-order valence-corrected chi connectivity index (χ2v) is 9.18. The molecular formula is C26H20Cl2FN7. The zero-order chi connectivity index (χ0) is 25.2. The zero-order valence-corrected chi connectivity index (χ0v) is 20.6. The van der Waals surface area contributed by atoms with E-state index in [-0.39, 0.29) is 10.9 Å². The van der Waals surface area contributed by atoms with Gasteiger partial charge in [0.1, 0.15) is 11.9 Å². The van der Waals surface area contributed by atoms with Gasteiger partial charge in [-0.1, -0.05) is 29.3 Å². The highest BCUT2D eigenvalue weighted by Crippen LogP contribution is 2.36. The maximum Gasteiger partial charge on any atom is 0.141 e. The average Bonchev–Trinajstić information content (AvgIpc) is 3.31. The number of nitriles is 1. The molecule has 1 aliphatic heterocycles. The molecule has 2 aromatic heterocycles. The van der Waals surface area contributed by atoms with Crippen molar-refractivity contribution in [3.05, 3.63) is 106 Å². The van der Waals surface area contributed by atoms with Crippen LogP contribution in [0, 0.1) is 17.1 Å². The van der Waals surface area contributed by atoms with Crippen LogP contribution >= 0.6 is 23.2 Å². The molecule has 3 N–H and O–H groups in total. The van der Waals surface area contributed by atoms with Crippen molar-refractivity contribution < 1.29 is 4.39 Å². The molecule has 0 radical (unpaired) electrons. The molecule has 0 aliphatic carbocycles. The lowest BCUT2D eigenvalue weighted by molar-refractivity contribution is 0.325. The van der Waals surface area contributed by atoms with Crippen molar-refractivity contribution in [2.75, 3.05) is 12.4 Å². The first-order valence-corrected chi connectivity index (χ1v) is 11.8. The Morgan fingerprint density at radius 1 is 1.17 bits per heavy atom. The summed E-state index contributed by atoms with van der Waals surface area (Å²) in [6, 6.07) is 14.3. The monoisotopic (exact) mass is 519 g/mol. The van der Waals surface area contributed by atoms with Gasteiger partial charge in [-0.25, -0.2) is 4.39 Å². The van der Waals surface area contributed by atoms with Crippen LogP contribution in [0.2, 0.25) is 10.0 Å².